The molecule has 0 saturated carbocycles. The van der Waals surface area contributed by atoms with Crippen LogP contribution in [0.2, 0.25) is 0 Å². The van der Waals surface area contributed by atoms with Crippen LogP contribution in [0.1, 0.15) is 34.7 Å². The molecule has 4 nitrogen and oxygen atoms in total. The first kappa shape index (κ1) is 18.8. The van der Waals surface area contributed by atoms with Crippen LogP contribution in [0.3, 0.4) is 0 Å². The average Bonchev–Trinajstić information content (AvgIpc) is 2.67. The van der Waals surface area contributed by atoms with E-state index in [0.717, 1.165) is 22.3 Å². The first-order chi connectivity index (χ1) is 13.0. The van der Waals surface area contributed by atoms with Gasteiger partial charge in [0, 0.05) is 24.0 Å². The zero-order valence-electron chi connectivity index (χ0n) is 15.7. The summed E-state index contributed by atoms with van der Waals surface area (Å²) in [5.74, 6) is -0.316. The van der Waals surface area contributed by atoms with Gasteiger partial charge in [-0.1, -0.05) is 48.5 Å². The molecule has 138 valence electrons. The van der Waals surface area contributed by atoms with Crippen LogP contribution >= 0.6 is 0 Å². The molecule has 0 aliphatic carbocycles. The Balaban J connectivity index is 1.68. The zero-order valence-corrected chi connectivity index (χ0v) is 15.7. The minimum Gasteiger partial charge on any atom is -0.461 e. The Hall–Kier alpha value is -2.98. The third-order valence-electron chi connectivity index (χ3n) is 4.59. The van der Waals surface area contributed by atoms with Crippen molar-refractivity contribution in [1.82, 2.24) is 4.98 Å². The van der Waals surface area contributed by atoms with Gasteiger partial charge in [0.05, 0.1) is 6.42 Å². The highest BCUT2D eigenvalue weighted by atomic mass is 16.5. The van der Waals surface area contributed by atoms with Gasteiger partial charge in [0.1, 0.15) is 6.61 Å². The van der Waals surface area contributed by atoms with Gasteiger partial charge < -0.3 is 10.5 Å². The molecule has 4 heteroatoms. The quantitative estimate of drug-likeness (QED) is 0.657. The molecule has 3 aromatic rings. The monoisotopic (exact) mass is 360 g/mol. The van der Waals surface area contributed by atoms with Crippen LogP contribution in [-0.4, -0.2) is 11.0 Å². The Morgan fingerprint density at radius 1 is 1.04 bits per heavy atom. The van der Waals surface area contributed by atoms with Gasteiger partial charge in [-0.2, -0.15) is 0 Å². The molecule has 27 heavy (non-hydrogen) atoms. The first-order valence-corrected chi connectivity index (χ1v) is 9.01. The summed E-state index contributed by atoms with van der Waals surface area (Å²) in [5.41, 5.74) is 12.6. The number of pyridine rings is 1. The molecule has 1 heterocycles. The van der Waals surface area contributed by atoms with Crippen LogP contribution in [0.5, 0.6) is 0 Å². The maximum atomic E-state index is 12.1. The van der Waals surface area contributed by atoms with E-state index in [1.54, 1.807) is 6.20 Å². The predicted molar refractivity (Wildman–Crippen MR) is 107 cm³/mol. The lowest BCUT2D eigenvalue weighted by molar-refractivity contribution is -0.145. The summed E-state index contributed by atoms with van der Waals surface area (Å²) in [5, 5.41) is 0. The smallest absolute Gasteiger partial charge is 0.308 e. The van der Waals surface area contributed by atoms with E-state index in [4.69, 9.17) is 10.5 Å². The zero-order chi connectivity index (χ0) is 19.2. The van der Waals surface area contributed by atoms with Gasteiger partial charge in [0.2, 0.25) is 0 Å². The summed E-state index contributed by atoms with van der Waals surface area (Å²) in [7, 11) is 0. The highest BCUT2D eigenvalue weighted by molar-refractivity contribution is 5.72. The number of hydrogen-bond acceptors (Lipinski definition) is 4. The second kappa shape index (κ2) is 8.60. The SMILES string of the molecule is Cc1cccc(C)c1-c1cncc(C(N)CC(=O)OCc2ccccc2)c1. The van der Waals surface area contributed by atoms with Gasteiger partial charge in [-0.05, 0) is 47.7 Å². The molecular weight excluding hydrogens is 336 g/mol. The lowest BCUT2D eigenvalue weighted by Crippen LogP contribution is -2.17. The van der Waals surface area contributed by atoms with Gasteiger partial charge in [0.25, 0.3) is 0 Å². The lowest BCUT2D eigenvalue weighted by Gasteiger charge is -2.14. The summed E-state index contributed by atoms with van der Waals surface area (Å²) in [6.45, 7) is 4.42. The molecule has 2 N–H and O–H groups in total. The Morgan fingerprint density at radius 3 is 2.44 bits per heavy atom. The molecule has 0 amide bonds. The average molecular weight is 360 g/mol. The van der Waals surface area contributed by atoms with Gasteiger partial charge >= 0.3 is 5.97 Å². The van der Waals surface area contributed by atoms with Crippen molar-refractivity contribution in [2.75, 3.05) is 0 Å². The molecular formula is C23H24N2O2. The fourth-order valence-corrected chi connectivity index (χ4v) is 3.16. The van der Waals surface area contributed by atoms with Crippen LogP contribution in [0.25, 0.3) is 11.1 Å². The van der Waals surface area contributed by atoms with Crippen LogP contribution in [0.4, 0.5) is 0 Å². The van der Waals surface area contributed by atoms with E-state index < -0.39 is 6.04 Å². The van der Waals surface area contributed by atoms with Gasteiger partial charge in [-0.3, -0.25) is 9.78 Å². The van der Waals surface area contributed by atoms with E-state index in [1.165, 1.54) is 11.1 Å². The second-order valence-electron chi connectivity index (χ2n) is 6.73. The predicted octanol–water partition coefficient (Wildman–Crippen LogP) is 4.50. The fourth-order valence-electron chi connectivity index (χ4n) is 3.16. The van der Waals surface area contributed by atoms with E-state index in [-0.39, 0.29) is 19.0 Å². The van der Waals surface area contributed by atoms with Crippen molar-refractivity contribution in [1.29, 1.82) is 0 Å². The number of ether oxygens (including phenoxy) is 1. The molecule has 1 unspecified atom stereocenters. The highest BCUT2D eigenvalue weighted by Crippen LogP contribution is 2.28. The Labute approximate surface area is 160 Å². The molecule has 0 saturated heterocycles. The van der Waals surface area contributed by atoms with Gasteiger partial charge in [-0.25, -0.2) is 0 Å². The van der Waals surface area contributed by atoms with Crippen molar-refractivity contribution in [3.63, 3.8) is 0 Å². The van der Waals surface area contributed by atoms with E-state index in [2.05, 4.69) is 31.0 Å². The Kier molecular flexibility index (Phi) is 5.99. The molecule has 1 atom stereocenters. The van der Waals surface area contributed by atoms with Crippen molar-refractivity contribution < 1.29 is 9.53 Å². The molecule has 2 aromatic carbocycles. The standard InChI is InChI=1S/C23H24N2O2/c1-16-7-6-8-17(2)23(16)20-11-19(13-25-14-20)21(24)12-22(26)27-15-18-9-4-3-5-10-18/h3-11,13-14,21H,12,15,24H2,1-2H3. The summed E-state index contributed by atoms with van der Waals surface area (Å²) >= 11 is 0. The summed E-state index contributed by atoms with van der Waals surface area (Å²) in [6.07, 6.45) is 3.66. The number of nitrogens with two attached hydrogens (primary N) is 1. The second-order valence-corrected chi connectivity index (χ2v) is 6.73. The third-order valence-corrected chi connectivity index (χ3v) is 4.59. The highest BCUT2D eigenvalue weighted by Gasteiger charge is 2.15. The Bertz CT molecular complexity index is 902. The minimum absolute atomic E-state index is 0.116. The third kappa shape index (κ3) is 4.80. The number of aromatic nitrogens is 1. The molecule has 3 rings (SSSR count). The van der Waals surface area contributed by atoms with Crippen LogP contribution in [0.15, 0.2) is 67.0 Å². The topological polar surface area (TPSA) is 65.2 Å². The number of carbonyl (C=O) groups excluding carboxylic acids is 1. The minimum atomic E-state index is -0.454. The van der Waals surface area contributed by atoms with Crippen LogP contribution < -0.4 is 5.73 Å². The number of rotatable bonds is 6. The van der Waals surface area contributed by atoms with Crippen molar-refractivity contribution in [3.05, 3.63) is 89.2 Å². The van der Waals surface area contributed by atoms with E-state index in [9.17, 15) is 4.79 Å². The number of benzene rings is 2. The number of esters is 1. The molecule has 0 aliphatic heterocycles. The summed E-state index contributed by atoms with van der Waals surface area (Å²) < 4.78 is 5.33. The maximum Gasteiger partial charge on any atom is 0.308 e. The van der Waals surface area contributed by atoms with Crippen LogP contribution in [0, 0.1) is 13.8 Å². The van der Waals surface area contributed by atoms with Gasteiger partial charge in [0.15, 0.2) is 0 Å². The summed E-state index contributed by atoms with van der Waals surface area (Å²) in [4.78, 5) is 16.5. The number of hydrogen-bond donors (Lipinski definition) is 1. The first-order valence-electron chi connectivity index (χ1n) is 9.01. The van der Waals surface area contributed by atoms with E-state index in [1.807, 2.05) is 48.7 Å². The Morgan fingerprint density at radius 2 is 1.74 bits per heavy atom. The molecule has 0 spiro atoms. The molecule has 0 radical (unpaired) electrons. The van der Waals surface area contributed by atoms with Crippen molar-refractivity contribution >= 4 is 5.97 Å². The number of aryl methyl sites for hydroxylation is 2. The van der Waals surface area contributed by atoms with E-state index >= 15 is 0 Å². The molecule has 0 bridgehead atoms. The van der Waals surface area contributed by atoms with Crippen molar-refractivity contribution in [2.24, 2.45) is 5.73 Å². The lowest BCUT2D eigenvalue weighted by atomic mass is 9.95. The molecule has 1 aromatic heterocycles. The normalized spacial score (nSPS) is 11.8. The van der Waals surface area contributed by atoms with E-state index in [0.29, 0.717) is 0 Å². The number of nitrogens with zero attached hydrogens (tertiary/aromatic N) is 1. The largest absolute Gasteiger partial charge is 0.461 e. The van der Waals surface area contributed by atoms with Gasteiger partial charge in [-0.15, -0.1) is 0 Å². The summed E-state index contributed by atoms with van der Waals surface area (Å²) in [6, 6.07) is 17.4. The maximum absolute atomic E-state index is 12.1. The molecule has 0 aliphatic rings. The van der Waals surface area contributed by atoms with Crippen molar-refractivity contribution in [3.8, 4) is 11.1 Å². The fraction of sp³-hybridized carbons (Fsp3) is 0.217. The molecule has 0 fully saturated rings. The van der Waals surface area contributed by atoms with Crippen molar-refractivity contribution in [2.45, 2.75) is 32.9 Å². The van der Waals surface area contributed by atoms with Crippen LogP contribution in [-0.2, 0) is 16.1 Å². The number of carbonyl (C=O) groups is 1.